The van der Waals surface area contributed by atoms with Crippen LogP contribution in [0.15, 0.2) is 42.6 Å². The SMILES string of the molecule is c1ccc(-c2ccn(C3CCCO3)n2)cc1. The van der Waals surface area contributed by atoms with Crippen LogP contribution in [0.5, 0.6) is 0 Å². The molecule has 2 aromatic rings. The van der Waals surface area contributed by atoms with Crippen molar-refractivity contribution in [3.8, 4) is 11.3 Å². The zero-order valence-electron chi connectivity index (χ0n) is 9.04. The fourth-order valence-corrected chi connectivity index (χ4v) is 2.03. The Morgan fingerprint density at radius 1 is 1.19 bits per heavy atom. The molecule has 1 aromatic heterocycles. The van der Waals surface area contributed by atoms with E-state index in [1.807, 2.05) is 35.1 Å². The largest absolute Gasteiger partial charge is 0.357 e. The molecule has 0 radical (unpaired) electrons. The summed E-state index contributed by atoms with van der Waals surface area (Å²) in [7, 11) is 0. The number of rotatable bonds is 2. The third-order valence-corrected chi connectivity index (χ3v) is 2.88. The van der Waals surface area contributed by atoms with Crippen molar-refractivity contribution in [1.29, 1.82) is 0 Å². The van der Waals surface area contributed by atoms with Gasteiger partial charge in [-0.2, -0.15) is 5.10 Å². The number of hydrogen-bond acceptors (Lipinski definition) is 2. The number of benzene rings is 1. The topological polar surface area (TPSA) is 27.1 Å². The molecule has 3 rings (SSSR count). The van der Waals surface area contributed by atoms with Gasteiger partial charge in [-0.25, -0.2) is 4.68 Å². The first-order chi connectivity index (χ1) is 7.93. The zero-order valence-corrected chi connectivity index (χ0v) is 9.04. The van der Waals surface area contributed by atoms with Gasteiger partial charge in [0.05, 0.1) is 5.69 Å². The van der Waals surface area contributed by atoms with Gasteiger partial charge in [-0.1, -0.05) is 30.3 Å². The van der Waals surface area contributed by atoms with Crippen molar-refractivity contribution < 1.29 is 4.74 Å². The summed E-state index contributed by atoms with van der Waals surface area (Å²) in [4.78, 5) is 0. The molecule has 1 saturated heterocycles. The minimum atomic E-state index is 0.137. The lowest BCUT2D eigenvalue weighted by Gasteiger charge is -2.08. The lowest BCUT2D eigenvalue weighted by Crippen LogP contribution is -2.07. The van der Waals surface area contributed by atoms with Crippen molar-refractivity contribution in [3.63, 3.8) is 0 Å². The third-order valence-electron chi connectivity index (χ3n) is 2.88. The standard InChI is InChI=1S/C13H14N2O/c1-2-5-11(6-3-1)12-8-9-15(14-12)13-7-4-10-16-13/h1-3,5-6,8-9,13H,4,7,10H2. The molecule has 0 bridgehead atoms. The van der Waals surface area contributed by atoms with E-state index in [4.69, 9.17) is 4.74 Å². The molecule has 1 atom stereocenters. The van der Waals surface area contributed by atoms with Crippen LogP contribution < -0.4 is 0 Å². The monoisotopic (exact) mass is 214 g/mol. The second-order valence-electron chi connectivity index (χ2n) is 4.01. The van der Waals surface area contributed by atoms with Crippen molar-refractivity contribution in [2.45, 2.75) is 19.1 Å². The maximum atomic E-state index is 5.59. The zero-order chi connectivity index (χ0) is 10.8. The van der Waals surface area contributed by atoms with E-state index >= 15 is 0 Å². The lowest BCUT2D eigenvalue weighted by atomic mass is 10.2. The van der Waals surface area contributed by atoms with Gasteiger partial charge >= 0.3 is 0 Å². The highest BCUT2D eigenvalue weighted by atomic mass is 16.5. The molecule has 1 aliphatic heterocycles. The van der Waals surface area contributed by atoms with E-state index in [0.717, 1.165) is 30.7 Å². The molecule has 0 N–H and O–H groups in total. The van der Waals surface area contributed by atoms with Gasteiger partial charge in [-0.05, 0) is 18.9 Å². The minimum Gasteiger partial charge on any atom is -0.357 e. The van der Waals surface area contributed by atoms with Crippen LogP contribution in [-0.4, -0.2) is 16.4 Å². The Labute approximate surface area is 94.7 Å². The van der Waals surface area contributed by atoms with Crippen molar-refractivity contribution in [2.75, 3.05) is 6.61 Å². The highest BCUT2D eigenvalue weighted by molar-refractivity contribution is 5.57. The predicted octanol–water partition coefficient (Wildman–Crippen LogP) is 2.86. The summed E-state index contributed by atoms with van der Waals surface area (Å²) in [6, 6.07) is 12.3. The maximum Gasteiger partial charge on any atom is 0.150 e. The first-order valence-corrected chi connectivity index (χ1v) is 5.66. The summed E-state index contributed by atoms with van der Waals surface area (Å²) >= 11 is 0. The van der Waals surface area contributed by atoms with E-state index in [2.05, 4.69) is 17.2 Å². The Balaban J connectivity index is 1.87. The van der Waals surface area contributed by atoms with Crippen LogP contribution in [0.4, 0.5) is 0 Å². The summed E-state index contributed by atoms with van der Waals surface area (Å²) in [5.74, 6) is 0. The molecule has 1 aliphatic rings. The molecule has 2 heterocycles. The highest BCUT2D eigenvalue weighted by Gasteiger charge is 2.18. The van der Waals surface area contributed by atoms with E-state index in [0.29, 0.717) is 0 Å². The Morgan fingerprint density at radius 2 is 2.06 bits per heavy atom. The van der Waals surface area contributed by atoms with Gasteiger partial charge in [0.25, 0.3) is 0 Å². The molecule has 1 fully saturated rings. The molecule has 0 amide bonds. The van der Waals surface area contributed by atoms with Crippen LogP contribution in [0.25, 0.3) is 11.3 Å². The Morgan fingerprint density at radius 3 is 2.81 bits per heavy atom. The fraction of sp³-hybridized carbons (Fsp3) is 0.308. The first-order valence-electron chi connectivity index (χ1n) is 5.66. The molecule has 0 saturated carbocycles. The van der Waals surface area contributed by atoms with Gasteiger partial charge in [0, 0.05) is 18.4 Å². The normalized spacial score (nSPS) is 20.1. The van der Waals surface area contributed by atoms with Crippen LogP contribution in [0.3, 0.4) is 0 Å². The smallest absolute Gasteiger partial charge is 0.150 e. The molecular weight excluding hydrogens is 200 g/mol. The van der Waals surface area contributed by atoms with E-state index < -0.39 is 0 Å². The molecule has 16 heavy (non-hydrogen) atoms. The van der Waals surface area contributed by atoms with Crippen molar-refractivity contribution in [1.82, 2.24) is 9.78 Å². The van der Waals surface area contributed by atoms with Crippen LogP contribution in [-0.2, 0) is 4.74 Å². The Bertz CT molecular complexity index is 458. The number of ether oxygens (including phenoxy) is 1. The Hall–Kier alpha value is -1.61. The molecule has 0 spiro atoms. The van der Waals surface area contributed by atoms with Crippen LogP contribution in [0.2, 0.25) is 0 Å². The quantitative estimate of drug-likeness (QED) is 0.768. The summed E-state index contributed by atoms with van der Waals surface area (Å²) in [5.41, 5.74) is 2.16. The van der Waals surface area contributed by atoms with Crippen LogP contribution in [0.1, 0.15) is 19.1 Å². The van der Waals surface area contributed by atoms with Gasteiger partial charge in [0.1, 0.15) is 6.23 Å². The average molecular weight is 214 g/mol. The summed E-state index contributed by atoms with van der Waals surface area (Å²) < 4.78 is 7.51. The van der Waals surface area contributed by atoms with Crippen LogP contribution >= 0.6 is 0 Å². The number of hydrogen-bond donors (Lipinski definition) is 0. The van der Waals surface area contributed by atoms with Crippen LogP contribution in [0, 0.1) is 0 Å². The Kier molecular flexibility index (Phi) is 2.46. The van der Waals surface area contributed by atoms with E-state index in [1.54, 1.807) is 0 Å². The number of nitrogens with zero attached hydrogens (tertiary/aromatic N) is 2. The molecule has 82 valence electrons. The van der Waals surface area contributed by atoms with Gasteiger partial charge in [-0.3, -0.25) is 0 Å². The van der Waals surface area contributed by atoms with Crippen molar-refractivity contribution in [3.05, 3.63) is 42.6 Å². The number of aromatic nitrogens is 2. The van der Waals surface area contributed by atoms with Crippen molar-refractivity contribution in [2.24, 2.45) is 0 Å². The van der Waals surface area contributed by atoms with Gasteiger partial charge < -0.3 is 4.74 Å². The molecule has 0 aliphatic carbocycles. The summed E-state index contributed by atoms with van der Waals surface area (Å²) in [6.07, 6.45) is 4.33. The van der Waals surface area contributed by atoms with E-state index in [1.165, 1.54) is 0 Å². The van der Waals surface area contributed by atoms with E-state index in [-0.39, 0.29) is 6.23 Å². The second kappa shape index (κ2) is 4.10. The van der Waals surface area contributed by atoms with Gasteiger partial charge in [0.2, 0.25) is 0 Å². The molecular formula is C13H14N2O. The second-order valence-corrected chi connectivity index (χ2v) is 4.01. The summed E-state index contributed by atoms with van der Waals surface area (Å²) in [6.45, 7) is 0.852. The predicted molar refractivity (Wildman–Crippen MR) is 61.9 cm³/mol. The fourth-order valence-electron chi connectivity index (χ4n) is 2.03. The van der Waals surface area contributed by atoms with Crippen molar-refractivity contribution >= 4 is 0 Å². The maximum absolute atomic E-state index is 5.59. The lowest BCUT2D eigenvalue weighted by molar-refractivity contribution is 0.0469. The third kappa shape index (κ3) is 1.74. The van der Waals surface area contributed by atoms with Gasteiger partial charge in [-0.15, -0.1) is 0 Å². The molecule has 1 aromatic carbocycles. The first kappa shape index (κ1) is 9.60. The van der Waals surface area contributed by atoms with E-state index in [9.17, 15) is 0 Å². The van der Waals surface area contributed by atoms with Gasteiger partial charge in [0.15, 0.2) is 0 Å². The molecule has 1 unspecified atom stereocenters. The molecule has 3 heteroatoms. The molecule has 3 nitrogen and oxygen atoms in total. The average Bonchev–Trinajstić information content (AvgIpc) is 3.01. The minimum absolute atomic E-state index is 0.137. The highest BCUT2D eigenvalue weighted by Crippen LogP contribution is 2.24. The summed E-state index contributed by atoms with van der Waals surface area (Å²) in [5, 5.41) is 4.55.